The molecule has 2 unspecified atom stereocenters. The smallest absolute Gasteiger partial charge is 0.252 e. The van der Waals surface area contributed by atoms with Crippen molar-refractivity contribution in [1.29, 1.82) is 0 Å². The van der Waals surface area contributed by atoms with Crippen molar-refractivity contribution in [3.05, 3.63) is 57.8 Å². The van der Waals surface area contributed by atoms with Crippen molar-refractivity contribution >= 4 is 29.7 Å². The van der Waals surface area contributed by atoms with E-state index in [0.717, 1.165) is 24.6 Å². The maximum atomic E-state index is 13.5. The maximum absolute atomic E-state index is 13.5. The molecule has 1 aliphatic heterocycles. The van der Waals surface area contributed by atoms with Crippen molar-refractivity contribution in [1.82, 2.24) is 10.6 Å². The van der Waals surface area contributed by atoms with Crippen LogP contribution in [0.2, 0.25) is 0 Å². The molecule has 0 radical (unpaired) electrons. The summed E-state index contributed by atoms with van der Waals surface area (Å²) in [5, 5.41) is 9.86. The van der Waals surface area contributed by atoms with Gasteiger partial charge in [-0.15, -0.1) is 12.4 Å². The van der Waals surface area contributed by atoms with Gasteiger partial charge in [-0.2, -0.15) is 11.3 Å². The Bertz CT molecular complexity index is 666. The highest BCUT2D eigenvalue weighted by Gasteiger charge is 2.28. The first kappa shape index (κ1) is 17.8. The number of amides is 1. The van der Waals surface area contributed by atoms with E-state index in [2.05, 4.69) is 10.6 Å². The molecule has 0 spiro atoms. The summed E-state index contributed by atoms with van der Waals surface area (Å²) in [7, 11) is 0. The van der Waals surface area contributed by atoms with Gasteiger partial charge in [-0.3, -0.25) is 4.79 Å². The molecular formula is C16H17ClF2N2OS. The number of thiophene rings is 1. The second-order valence-corrected chi connectivity index (χ2v) is 6.14. The van der Waals surface area contributed by atoms with Crippen LogP contribution in [0, 0.1) is 11.6 Å². The molecule has 1 fully saturated rings. The first-order chi connectivity index (χ1) is 10.6. The molecule has 0 aliphatic carbocycles. The highest BCUT2D eigenvalue weighted by Crippen LogP contribution is 2.27. The number of benzene rings is 1. The number of carbonyl (C=O) groups is 1. The Balaban J connectivity index is 0.00000192. The summed E-state index contributed by atoms with van der Waals surface area (Å²) in [5.74, 6) is -1.86. The highest BCUT2D eigenvalue weighted by molar-refractivity contribution is 7.08. The van der Waals surface area contributed by atoms with Gasteiger partial charge < -0.3 is 10.6 Å². The minimum Gasteiger partial charge on any atom is -0.347 e. The van der Waals surface area contributed by atoms with E-state index in [1.807, 2.05) is 5.38 Å². The van der Waals surface area contributed by atoms with Gasteiger partial charge in [0.1, 0.15) is 0 Å². The summed E-state index contributed by atoms with van der Waals surface area (Å²) < 4.78 is 26.6. The predicted molar refractivity (Wildman–Crippen MR) is 89.4 cm³/mol. The van der Waals surface area contributed by atoms with Crippen molar-refractivity contribution in [2.45, 2.75) is 18.4 Å². The van der Waals surface area contributed by atoms with E-state index >= 15 is 0 Å². The summed E-state index contributed by atoms with van der Waals surface area (Å²) >= 11 is 1.46. The SMILES string of the molecule is Cl.O=C(NC1CNCCC1c1ccc(F)c(F)c1)c1ccsc1. The van der Waals surface area contributed by atoms with Crippen LogP contribution in [0.1, 0.15) is 28.3 Å². The van der Waals surface area contributed by atoms with Gasteiger partial charge in [0.2, 0.25) is 0 Å². The number of piperidine rings is 1. The van der Waals surface area contributed by atoms with Crippen molar-refractivity contribution in [3.8, 4) is 0 Å². The lowest BCUT2D eigenvalue weighted by molar-refractivity contribution is 0.0925. The Labute approximate surface area is 143 Å². The lowest BCUT2D eigenvalue weighted by Gasteiger charge is -2.33. The standard InChI is InChI=1S/C16H16F2N2OS.ClH/c17-13-2-1-10(7-14(13)18)12-3-5-19-8-15(12)20-16(21)11-4-6-22-9-11;/h1-2,4,6-7,9,12,15,19H,3,5,8H2,(H,20,21);1H. The zero-order valence-corrected chi connectivity index (χ0v) is 13.9. The first-order valence-electron chi connectivity index (χ1n) is 7.14. The molecular weight excluding hydrogens is 342 g/mol. The Kier molecular flexibility index (Phi) is 6.10. The average Bonchev–Trinajstić information content (AvgIpc) is 3.05. The molecule has 2 atom stereocenters. The van der Waals surface area contributed by atoms with Crippen LogP contribution in [-0.4, -0.2) is 25.0 Å². The fourth-order valence-electron chi connectivity index (χ4n) is 2.80. The van der Waals surface area contributed by atoms with Gasteiger partial charge in [-0.05, 0) is 42.1 Å². The molecule has 23 heavy (non-hydrogen) atoms. The van der Waals surface area contributed by atoms with Gasteiger partial charge in [-0.25, -0.2) is 8.78 Å². The van der Waals surface area contributed by atoms with Crippen LogP contribution in [-0.2, 0) is 0 Å². The fourth-order valence-corrected chi connectivity index (χ4v) is 3.43. The van der Waals surface area contributed by atoms with Crippen LogP contribution >= 0.6 is 23.7 Å². The third-order valence-corrected chi connectivity index (χ3v) is 4.64. The van der Waals surface area contributed by atoms with E-state index in [4.69, 9.17) is 0 Å². The normalized spacial score (nSPS) is 20.6. The van der Waals surface area contributed by atoms with Crippen molar-refractivity contribution in [3.63, 3.8) is 0 Å². The minimum atomic E-state index is -0.850. The Morgan fingerprint density at radius 2 is 2.09 bits per heavy atom. The molecule has 2 N–H and O–H groups in total. The van der Waals surface area contributed by atoms with Gasteiger partial charge in [0.05, 0.1) is 0 Å². The molecule has 7 heteroatoms. The van der Waals surface area contributed by atoms with Gasteiger partial charge in [-0.1, -0.05) is 6.07 Å². The summed E-state index contributed by atoms with van der Waals surface area (Å²) in [4.78, 5) is 12.2. The molecule has 3 rings (SSSR count). The zero-order valence-electron chi connectivity index (χ0n) is 12.2. The average molecular weight is 359 g/mol. The Morgan fingerprint density at radius 3 is 2.78 bits per heavy atom. The molecule has 0 bridgehead atoms. The summed E-state index contributed by atoms with van der Waals surface area (Å²) in [6, 6.07) is 5.59. The van der Waals surface area contributed by atoms with Crippen LogP contribution in [0.3, 0.4) is 0 Å². The molecule has 0 saturated carbocycles. The number of hydrogen-bond donors (Lipinski definition) is 2. The second-order valence-electron chi connectivity index (χ2n) is 5.36. The minimum absolute atomic E-state index is 0. The third kappa shape index (κ3) is 4.07. The fraction of sp³-hybridized carbons (Fsp3) is 0.312. The summed E-state index contributed by atoms with van der Waals surface area (Å²) in [6.07, 6.45) is 0.764. The van der Waals surface area contributed by atoms with Crippen molar-refractivity contribution in [2.75, 3.05) is 13.1 Å². The van der Waals surface area contributed by atoms with Crippen molar-refractivity contribution < 1.29 is 13.6 Å². The Hall–Kier alpha value is -1.50. The molecule has 1 saturated heterocycles. The number of nitrogens with one attached hydrogen (secondary N) is 2. The molecule has 2 heterocycles. The number of carbonyl (C=O) groups excluding carboxylic acids is 1. The highest BCUT2D eigenvalue weighted by atomic mass is 35.5. The number of hydrogen-bond acceptors (Lipinski definition) is 3. The van der Waals surface area contributed by atoms with Gasteiger partial charge in [0.15, 0.2) is 11.6 Å². The van der Waals surface area contributed by atoms with Gasteiger partial charge in [0, 0.05) is 29.4 Å². The number of rotatable bonds is 3. The predicted octanol–water partition coefficient (Wildman–Crippen LogP) is 3.32. The maximum Gasteiger partial charge on any atom is 0.252 e. The quantitative estimate of drug-likeness (QED) is 0.883. The van der Waals surface area contributed by atoms with Gasteiger partial charge >= 0.3 is 0 Å². The largest absolute Gasteiger partial charge is 0.347 e. The number of halogens is 3. The monoisotopic (exact) mass is 358 g/mol. The van der Waals surface area contributed by atoms with Crippen molar-refractivity contribution in [2.24, 2.45) is 0 Å². The molecule has 124 valence electrons. The van der Waals surface area contributed by atoms with Crippen LogP contribution in [0.4, 0.5) is 8.78 Å². The van der Waals surface area contributed by atoms with E-state index in [0.29, 0.717) is 12.1 Å². The van der Waals surface area contributed by atoms with Gasteiger partial charge in [0.25, 0.3) is 5.91 Å². The summed E-state index contributed by atoms with van der Waals surface area (Å²) in [5.41, 5.74) is 1.34. The molecule has 2 aromatic rings. The molecule has 3 nitrogen and oxygen atoms in total. The van der Waals surface area contributed by atoms with Crippen LogP contribution in [0.5, 0.6) is 0 Å². The summed E-state index contributed by atoms with van der Waals surface area (Å²) in [6.45, 7) is 1.40. The lowest BCUT2D eigenvalue weighted by atomic mass is 9.86. The molecule has 1 aliphatic rings. The van der Waals surface area contributed by atoms with E-state index in [9.17, 15) is 13.6 Å². The molecule has 1 amide bonds. The van der Waals surface area contributed by atoms with E-state index in [1.54, 1.807) is 17.5 Å². The molecule has 1 aromatic heterocycles. The van der Waals surface area contributed by atoms with Crippen LogP contribution in [0.25, 0.3) is 0 Å². The lowest BCUT2D eigenvalue weighted by Crippen LogP contribution is -2.50. The Morgan fingerprint density at radius 1 is 1.26 bits per heavy atom. The topological polar surface area (TPSA) is 41.1 Å². The molecule has 1 aromatic carbocycles. The van der Waals surface area contributed by atoms with E-state index < -0.39 is 11.6 Å². The van der Waals surface area contributed by atoms with Crippen LogP contribution < -0.4 is 10.6 Å². The first-order valence-corrected chi connectivity index (χ1v) is 8.08. The van der Waals surface area contributed by atoms with E-state index in [-0.39, 0.29) is 30.3 Å². The zero-order chi connectivity index (χ0) is 15.5. The van der Waals surface area contributed by atoms with E-state index in [1.165, 1.54) is 17.4 Å². The van der Waals surface area contributed by atoms with Crippen LogP contribution in [0.15, 0.2) is 35.0 Å². The third-order valence-electron chi connectivity index (χ3n) is 3.95. The second kappa shape index (κ2) is 7.86.